The molecule has 0 amide bonds. The molecule has 1 rings (SSSR count). The molecule has 15 heavy (non-hydrogen) atoms. The van der Waals surface area contributed by atoms with Crippen LogP contribution < -0.4 is 0 Å². The molecular formula is C11H9Cl2NO. The highest BCUT2D eigenvalue weighted by atomic mass is 35.5. The van der Waals surface area contributed by atoms with Crippen molar-refractivity contribution >= 4 is 29.0 Å². The number of hydrogen-bond acceptors (Lipinski definition) is 2. The standard InChI is InChI=1S/C11H9Cl2NO/c1-7(15)11(13)10-8(5-12)3-2-4-9(10)6-14/h2-4,11H,5H2,1H3. The first-order valence-corrected chi connectivity index (χ1v) is 5.31. The Morgan fingerprint density at radius 3 is 2.73 bits per heavy atom. The van der Waals surface area contributed by atoms with Crippen LogP contribution in [0.1, 0.15) is 29.0 Å². The minimum absolute atomic E-state index is 0.189. The van der Waals surface area contributed by atoms with Gasteiger partial charge in [-0.2, -0.15) is 5.26 Å². The van der Waals surface area contributed by atoms with Crippen LogP contribution >= 0.6 is 23.2 Å². The summed E-state index contributed by atoms with van der Waals surface area (Å²) < 4.78 is 0. The lowest BCUT2D eigenvalue weighted by atomic mass is 9.98. The summed E-state index contributed by atoms with van der Waals surface area (Å²) in [6, 6.07) is 7.13. The van der Waals surface area contributed by atoms with E-state index in [2.05, 4.69) is 0 Å². The Balaban J connectivity index is 3.35. The van der Waals surface area contributed by atoms with Gasteiger partial charge < -0.3 is 0 Å². The average Bonchev–Trinajstić information content (AvgIpc) is 2.26. The summed E-state index contributed by atoms with van der Waals surface area (Å²) >= 11 is 11.7. The first-order valence-electron chi connectivity index (χ1n) is 4.34. The second kappa shape index (κ2) is 5.16. The minimum atomic E-state index is -0.797. The van der Waals surface area contributed by atoms with Crippen molar-refractivity contribution in [1.29, 1.82) is 5.26 Å². The number of rotatable bonds is 3. The van der Waals surface area contributed by atoms with Gasteiger partial charge in [-0.1, -0.05) is 12.1 Å². The van der Waals surface area contributed by atoms with Gasteiger partial charge in [0.2, 0.25) is 0 Å². The second-order valence-electron chi connectivity index (χ2n) is 3.10. The smallest absolute Gasteiger partial charge is 0.152 e. The highest BCUT2D eigenvalue weighted by molar-refractivity contribution is 6.31. The summed E-state index contributed by atoms with van der Waals surface area (Å²) in [4.78, 5) is 11.2. The Morgan fingerprint density at radius 2 is 2.27 bits per heavy atom. The molecule has 0 N–H and O–H groups in total. The van der Waals surface area contributed by atoms with E-state index < -0.39 is 5.38 Å². The van der Waals surface area contributed by atoms with E-state index in [9.17, 15) is 4.79 Å². The van der Waals surface area contributed by atoms with Gasteiger partial charge in [-0.05, 0) is 24.1 Å². The molecule has 0 heterocycles. The summed E-state index contributed by atoms with van der Waals surface area (Å²) in [5.74, 6) is 0.0483. The van der Waals surface area contributed by atoms with Gasteiger partial charge in [-0.3, -0.25) is 4.79 Å². The number of nitrogens with zero attached hydrogens (tertiary/aromatic N) is 1. The van der Waals surface area contributed by atoms with Crippen LogP contribution in [0.25, 0.3) is 0 Å². The van der Waals surface area contributed by atoms with Gasteiger partial charge in [0, 0.05) is 5.88 Å². The third-order valence-electron chi connectivity index (χ3n) is 2.07. The zero-order valence-electron chi connectivity index (χ0n) is 8.13. The largest absolute Gasteiger partial charge is 0.298 e. The van der Waals surface area contributed by atoms with Crippen LogP contribution in [0.3, 0.4) is 0 Å². The van der Waals surface area contributed by atoms with E-state index in [-0.39, 0.29) is 11.7 Å². The predicted octanol–water partition coefficient (Wildman–Crippen LogP) is 3.17. The van der Waals surface area contributed by atoms with Crippen LogP contribution in [0.2, 0.25) is 0 Å². The summed E-state index contributed by atoms with van der Waals surface area (Å²) in [5.41, 5.74) is 1.67. The van der Waals surface area contributed by atoms with Gasteiger partial charge in [-0.25, -0.2) is 0 Å². The first-order chi connectivity index (χ1) is 7.11. The number of hydrogen-bond donors (Lipinski definition) is 0. The highest BCUT2D eigenvalue weighted by Gasteiger charge is 2.20. The molecule has 0 radical (unpaired) electrons. The molecule has 0 bridgehead atoms. The van der Waals surface area contributed by atoms with E-state index in [0.29, 0.717) is 11.1 Å². The van der Waals surface area contributed by atoms with Crippen molar-refractivity contribution in [3.05, 3.63) is 34.9 Å². The van der Waals surface area contributed by atoms with E-state index >= 15 is 0 Å². The number of carbonyl (C=O) groups is 1. The lowest BCUT2D eigenvalue weighted by Gasteiger charge is -2.12. The molecule has 0 fully saturated rings. The Hall–Kier alpha value is -1.04. The summed E-state index contributed by atoms with van der Waals surface area (Å²) in [6.45, 7) is 1.39. The van der Waals surface area contributed by atoms with Crippen LogP contribution in [0, 0.1) is 11.3 Å². The average molecular weight is 242 g/mol. The molecule has 1 aromatic rings. The van der Waals surface area contributed by atoms with Gasteiger partial charge in [0.15, 0.2) is 5.78 Å². The number of alkyl halides is 2. The number of halogens is 2. The molecule has 0 aliphatic rings. The molecule has 0 aliphatic heterocycles. The summed E-state index contributed by atoms with van der Waals surface area (Å²) in [5, 5.41) is 8.11. The number of benzene rings is 1. The monoisotopic (exact) mass is 241 g/mol. The molecule has 4 heteroatoms. The third kappa shape index (κ3) is 2.50. The normalized spacial score (nSPS) is 11.9. The maximum atomic E-state index is 11.2. The van der Waals surface area contributed by atoms with Crippen molar-refractivity contribution in [3.63, 3.8) is 0 Å². The molecule has 2 nitrogen and oxygen atoms in total. The molecule has 0 aromatic heterocycles. The molecule has 1 aromatic carbocycles. The van der Waals surface area contributed by atoms with E-state index in [1.54, 1.807) is 18.2 Å². The van der Waals surface area contributed by atoms with Gasteiger partial charge in [-0.15, -0.1) is 23.2 Å². The first kappa shape index (κ1) is 12.0. The molecule has 0 spiro atoms. The fraction of sp³-hybridized carbons (Fsp3) is 0.273. The predicted molar refractivity (Wildman–Crippen MR) is 60.0 cm³/mol. The summed E-state index contributed by atoms with van der Waals surface area (Å²) in [7, 11) is 0. The molecular weight excluding hydrogens is 233 g/mol. The Kier molecular flexibility index (Phi) is 4.14. The number of nitriles is 1. The van der Waals surface area contributed by atoms with Crippen molar-refractivity contribution in [1.82, 2.24) is 0 Å². The maximum absolute atomic E-state index is 11.2. The van der Waals surface area contributed by atoms with Crippen molar-refractivity contribution in [2.45, 2.75) is 18.2 Å². The quantitative estimate of drug-likeness (QED) is 0.764. The number of Topliss-reactive ketones (excluding diaryl/α,β-unsaturated/α-hetero) is 1. The topological polar surface area (TPSA) is 40.9 Å². The third-order valence-corrected chi connectivity index (χ3v) is 2.88. The number of carbonyl (C=O) groups excluding carboxylic acids is 1. The number of ketones is 1. The fourth-order valence-corrected chi connectivity index (χ4v) is 1.82. The van der Waals surface area contributed by atoms with Gasteiger partial charge in [0.05, 0.1) is 11.6 Å². The van der Waals surface area contributed by atoms with Crippen molar-refractivity contribution in [3.8, 4) is 6.07 Å². The molecule has 0 saturated heterocycles. The van der Waals surface area contributed by atoms with E-state index in [1.165, 1.54) is 6.92 Å². The molecule has 78 valence electrons. The van der Waals surface area contributed by atoms with Crippen LogP contribution in [-0.2, 0) is 10.7 Å². The van der Waals surface area contributed by atoms with Crippen molar-refractivity contribution < 1.29 is 4.79 Å². The van der Waals surface area contributed by atoms with Crippen LogP contribution in [-0.4, -0.2) is 5.78 Å². The fourth-order valence-electron chi connectivity index (χ4n) is 1.33. The van der Waals surface area contributed by atoms with Crippen LogP contribution in [0.5, 0.6) is 0 Å². The Bertz CT molecular complexity index is 423. The summed E-state index contributed by atoms with van der Waals surface area (Å²) in [6.07, 6.45) is 0. The SMILES string of the molecule is CC(=O)C(Cl)c1c(C#N)cccc1CCl. The van der Waals surface area contributed by atoms with Crippen LogP contribution in [0.15, 0.2) is 18.2 Å². The lowest BCUT2D eigenvalue weighted by molar-refractivity contribution is -0.116. The van der Waals surface area contributed by atoms with Gasteiger partial charge in [0.25, 0.3) is 0 Å². The van der Waals surface area contributed by atoms with Gasteiger partial charge in [0.1, 0.15) is 5.38 Å². The minimum Gasteiger partial charge on any atom is -0.298 e. The van der Waals surface area contributed by atoms with E-state index in [4.69, 9.17) is 28.5 Å². The zero-order valence-corrected chi connectivity index (χ0v) is 9.64. The van der Waals surface area contributed by atoms with Crippen LogP contribution in [0.4, 0.5) is 0 Å². The van der Waals surface area contributed by atoms with Crippen molar-refractivity contribution in [2.24, 2.45) is 0 Å². The van der Waals surface area contributed by atoms with Crippen molar-refractivity contribution in [2.75, 3.05) is 0 Å². The second-order valence-corrected chi connectivity index (χ2v) is 3.80. The molecule has 0 saturated carbocycles. The Morgan fingerprint density at radius 1 is 1.60 bits per heavy atom. The van der Waals surface area contributed by atoms with E-state index in [0.717, 1.165) is 5.56 Å². The maximum Gasteiger partial charge on any atom is 0.152 e. The molecule has 1 atom stereocenters. The van der Waals surface area contributed by atoms with E-state index in [1.807, 2.05) is 6.07 Å². The Labute approximate surface area is 98.4 Å². The van der Waals surface area contributed by atoms with Gasteiger partial charge >= 0.3 is 0 Å². The lowest BCUT2D eigenvalue weighted by Crippen LogP contribution is -2.07. The highest BCUT2D eigenvalue weighted by Crippen LogP contribution is 2.29. The molecule has 0 aliphatic carbocycles. The zero-order chi connectivity index (χ0) is 11.4. The molecule has 1 unspecified atom stereocenters.